The van der Waals surface area contributed by atoms with Crippen LogP contribution in [0.4, 0.5) is 4.79 Å². The molecule has 21 heavy (non-hydrogen) atoms. The average Bonchev–Trinajstić information content (AvgIpc) is 2.94. The van der Waals surface area contributed by atoms with Crippen LogP contribution in [-0.4, -0.2) is 35.8 Å². The lowest BCUT2D eigenvalue weighted by Gasteiger charge is -2.22. The van der Waals surface area contributed by atoms with Gasteiger partial charge >= 0.3 is 6.03 Å². The molecule has 6 nitrogen and oxygen atoms in total. The second-order valence-electron chi connectivity index (χ2n) is 5.34. The zero-order chi connectivity index (χ0) is 15.0. The van der Waals surface area contributed by atoms with Gasteiger partial charge in [-0.25, -0.2) is 4.79 Å². The van der Waals surface area contributed by atoms with E-state index in [1.54, 1.807) is 6.92 Å². The Hall–Kier alpha value is -2.37. The van der Waals surface area contributed by atoms with Crippen LogP contribution in [0.5, 0.6) is 0 Å². The molecule has 2 N–H and O–H groups in total. The van der Waals surface area contributed by atoms with Gasteiger partial charge in [-0.1, -0.05) is 24.3 Å². The molecule has 1 atom stereocenters. The maximum Gasteiger partial charge on any atom is 0.325 e. The summed E-state index contributed by atoms with van der Waals surface area (Å²) in [5.41, 5.74) is 0.938. The fraction of sp³-hybridized carbons (Fsp3) is 0.400. The number of imide groups is 1. The number of aryl methyl sites for hydroxylation is 1. The first-order chi connectivity index (χ1) is 10.1. The van der Waals surface area contributed by atoms with E-state index in [1.807, 2.05) is 24.3 Å². The minimum atomic E-state index is -0.986. The summed E-state index contributed by atoms with van der Waals surface area (Å²) in [5.74, 6) is -0.659. The van der Waals surface area contributed by atoms with Crippen LogP contribution in [-0.2, 0) is 21.5 Å². The van der Waals surface area contributed by atoms with Crippen molar-refractivity contribution in [2.24, 2.45) is 0 Å². The summed E-state index contributed by atoms with van der Waals surface area (Å²) in [5, 5.41) is 5.39. The summed E-state index contributed by atoms with van der Waals surface area (Å²) in [6.07, 6.45) is 1.29. The second kappa shape index (κ2) is 4.87. The molecule has 1 spiro atoms. The molecule has 110 valence electrons. The average molecular weight is 287 g/mol. The van der Waals surface area contributed by atoms with Gasteiger partial charge in [-0.3, -0.25) is 14.5 Å². The summed E-state index contributed by atoms with van der Waals surface area (Å²) < 4.78 is 0. The van der Waals surface area contributed by atoms with Crippen LogP contribution in [0.25, 0.3) is 0 Å². The van der Waals surface area contributed by atoms with Crippen LogP contribution in [0, 0.1) is 0 Å². The maximum atomic E-state index is 12.7. The van der Waals surface area contributed by atoms with Crippen molar-refractivity contribution in [3.8, 4) is 0 Å². The van der Waals surface area contributed by atoms with Crippen molar-refractivity contribution in [3.05, 3.63) is 35.4 Å². The molecule has 6 heteroatoms. The third kappa shape index (κ3) is 1.98. The van der Waals surface area contributed by atoms with Gasteiger partial charge in [0.25, 0.3) is 5.91 Å². The number of nitrogens with one attached hydrogen (secondary N) is 2. The van der Waals surface area contributed by atoms with Crippen LogP contribution in [0.3, 0.4) is 0 Å². The van der Waals surface area contributed by atoms with Crippen molar-refractivity contribution >= 4 is 17.8 Å². The molecule has 0 radical (unpaired) electrons. The monoisotopic (exact) mass is 287 g/mol. The van der Waals surface area contributed by atoms with Crippen LogP contribution in [0.2, 0.25) is 0 Å². The molecule has 2 aliphatic rings. The first-order valence-electron chi connectivity index (χ1n) is 7.07. The molecule has 1 aliphatic carbocycles. The number of likely N-dealkylation sites (N-methyl/N-ethyl adjacent to an activating group) is 1. The van der Waals surface area contributed by atoms with Crippen LogP contribution in [0.1, 0.15) is 24.5 Å². The number of fused-ring (bicyclic) bond motifs is 2. The number of hydrogen-bond acceptors (Lipinski definition) is 3. The Kier molecular flexibility index (Phi) is 3.16. The topological polar surface area (TPSA) is 78.5 Å². The van der Waals surface area contributed by atoms with E-state index in [0.717, 1.165) is 22.4 Å². The molecule has 3 rings (SSSR count). The predicted octanol–water partition coefficient (Wildman–Crippen LogP) is 0.516. The van der Waals surface area contributed by atoms with E-state index < -0.39 is 11.6 Å². The quantitative estimate of drug-likeness (QED) is 0.795. The van der Waals surface area contributed by atoms with Gasteiger partial charge < -0.3 is 10.6 Å². The highest BCUT2D eigenvalue weighted by atomic mass is 16.2. The van der Waals surface area contributed by atoms with Gasteiger partial charge in [-0.05, 0) is 30.9 Å². The molecule has 1 fully saturated rings. The van der Waals surface area contributed by atoms with E-state index in [9.17, 15) is 14.4 Å². The Morgan fingerprint density at radius 3 is 2.90 bits per heavy atom. The van der Waals surface area contributed by atoms with Gasteiger partial charge in [0, 0.05) is 6.54 Å². The molecular formula is C15H17N3O3. The highest BCUT2D eigenvalue weighted by molar-refractivity contribution is 6.09. The Balaban J connectivity index is 1.89. The van der Waals surface area contributed by atoms with Crippen LogP contribution >= 0.6 is 0 Å². The summed E-state index contributed by atoms with van der Waals surface area (Å²) in [6, 6.07) is 7.12. The first kappa shape index (κ1) is 13.6. The van der Waals surface area contributed by atoms with Crippen molar-refractivity contribution in [1.82, 2.24) is 15.5 Å². The van der Waals surface area contributed by atoms with E-state index in [-0.39, 0.29) is 18.4 Å². The minimum Gasteiger partial charge on any atom is -0.355 e. The van der Waals surface area contributed by atoms with E-state index >= 15 is 0 Å². The maximum absolute atomic E-state index is 12.7. The lowest BCUT2D eigenvalue weighted by molar-refractivity contribution is -0.135. The first-order valence-corrected chi connectivity index (χ1v) is 7.07. The summed E-state index contributed by atoms with van der Waals surface area (Å²) >= 11 is 0. The van der Waals surface area contributed by atoms with Crippen molar-refractivity contribution in [2.75, 3.05) is 13.1 Å². The summed E-state index contributed by atoms with van der Waals surface area (Å²) in [7, 11) is 0. The second-order valence-corrected chi connectivity index (χ2v) is 5.34. The number of carbonyl (C=O) groups is 3. The van der Waals surface area contributed by atoms with E-state index in [1.165, 1.54) is 0 Å². The molecule has 0 bridgehead atoms. The van der Waals surface area contributed by atoms with Gasteiger partial charge in [-0.15, -0.1) is 0 Å². The van der Waals surface area contributed by atoms with E-state index in [4.69, 9.17) is 0 Å². The summed E-state index contributed by atoms with van der Waals surface area (Å²) in [6.45, 7) is 2.03. The highest BCUT2D eigenvalue weighted by Crippen LogP contribution is 2.41. The number of amides is 4. The Labute approximate surface area is 122 Å². The van der Waals surface area contributed by atoms with Gasteiger partial charge in [0.05, 0.1) is 0 Å². The normalized spacial score (nSPS) is 23.4. The van der Waals surface area contributed by atoms with Crippen molar-refractivity contribution in [3.63, 3.8) is 0 Å². The zero-order valence-corrected chi connectivity index (χ0v) is 11.8. The van der Waals surface area contributed by atoms with Crippen LogP contribution < -0.4 is 10.6 Å². The number of urea groups is 1. The fourth-order valence-electron chi connectivity index (χ4n) is 3.13. The van der Waals surface area contributed by atoms with E-state index in [0.29, 0.717) is 13.0 Å². The minimum absolute atomic E-state index is 0.234. The van der Waals surface area contributed by atoms with Gasteiger partial charge in [0.15, 0.2) is 0 Å². The molecule has 1 aromatic rings. The van der Waals surface area contributed by atoms with Crippen molar-refractivity contribution in [1.29, 1.82) is 0 Å². The Bertz CT molecular complexity index is 628. The number of nitrogens with zero attached hydrogens (tertiary/aromatic N) is 1. The van der Waals surface area contributed by atoms with Crippen LogP contribution in [0.15, 0.2) is 24.3 Å². The van der Waals surface area contributed by atoms with E-state index in [2.05, 4.69) is 10.6 Å². The Morgan fingerprint density at radius 1 is 1.38 bits per heavy atom. The lowest BCUT2D eigenvalue weighted by atomic mass is 9.92. The number of carbonyl (C=O) groups excluding carboxylic acids is 3. The molecule has 0 aromatic heterocycles. The Morgan fingerprint density at radius 2 is 2.14 bits per heavy atom. The summed E-state index contributed by atoms with van der Waals surface area (Å²) in [4.78, 5) is 37.5. The lowest BCUT2D eigenvalue weighted by Crippen LogP contribution is -2.43. The van der Waals surface area contributed by atoms with Crippen molar-refractivity contribution < 1.29 is 14.4 Å². The fourth-order valence-corrected chi connectivity index (χ4v) is 3.13. The van der Waals surface area contributed by atoms with Gasteiger partial charge in [0.1, 0.15) is 12.1 Å². The third-order valence-corrected chi connectivity index (χ3v) is 4.10. The number of rotatable bonds is 3. The molecule has 4 amide bonds. The largest absolute Gasteiger partial charge is 0.355 e. The van der Waals surface area contributed by atoms with Gasteiger partial charge in [-0.2, -0.15) is 0 Å². The predicted molar refractivity (Wildman–Crippen MR) is 75.4 cm³/mol. The van der Waals surface area contributed by atoms with Gasteiger partial charge in [0.2, 0.25) is 5.91 Å². The van der Waals surface area contributed by atoms with Crippen molar-refractivity contribution in [2.45, 2.75) is 25.3 Å². The standard InChI is InChI=1S/C15H17N3O3/c1-2-16-12(19)9-18-13(20)15(17-14(18)21)8-7-10-5-3-4-6-11(10)15/h3-6H,2,7-9H2,1H3,(H,16,19)(H,17,21). The smallest absolute Gasteiger partial charge is 0.325 e. The molecule has 1 aliphatic heterocycles. The molecule has 1 unspecified atom stereocenters. The number of benzene rings is 1. The number of hydrogen-bond donors (Lipinski definition) is 2. The third-order valence-electron chi connectivity index (χ3n) is 4.10. The molecule has 0 saturated carbocycles. The molecular weight excluding hydrogens is 270 g/mol. The highest BCUT2D eigenvalue weighted by Gasteiger charge is 2.55. The molecule has 1 aromatic carbocycles. The zero-order valence-electron chi connectivity index (χ0n) is 11.8. The SMILES string of the molecule is CCNC(=O)CN1C(=O)NC2(CCc3ccccc32)C1=O. The molecule has 1 heterocycles. The molecule has 1 saturated heterocycles.